The normalized spacial score (nSPS) is 29.6. The number of morpholine rings is 1. The Morgan fingerprint density at radius 1 is 1.22 bits per heavy atom. The van der Waals surface area contributed by atoms with E-state index in [1.165, 1.54) is 30.0 Å². The van der Waals surface area contributed by atoms with Gasteiger partial charge in [0.25, 0.3) is 0 Å². The molecule has 27 heavy (non-hydrogen) atoms. The number of halogens is 1. The highest BCUT2D eigenvalue weighted by atomic mass is 19.1. The largest absolute Gasteiger partial charge is 0.377 e. The van der Waals surface area contributed by atoms with Gasteiger partial charge >= 0.3 is 0 Å². The van der Waals surface area contributed by atoms with Crippen molar-refractivity contribution in [1.29, 1.82) is 0 Å². The van der Waals surface area contributed by atoms with Gasteiger partial charge in [-0.3, -0.25) is 4.79 Å². The average Bonchev–Trinajstić information content (AvgIpc) is 3.08. The molecule has 0 radical (unpaired) electrons. The third-order valence-electron chi connectivity index (χ3n) is 6.21. The maximum Gasteiger partial charge on any atom is 0.223 e. The standard InChI is InChI=1S/C20H23FN4O2/c21-16-3-1-2-4-18(16)25-11-17(22-23-25)19-12-27-6-5-24(19)20(26)9-13-7-14-10-15(14)8-13/h1-4,11,13-15,19H,5-10,12H2. The van der Waals surface area contributed by atoms with Crippen LogP contribution >= 0.6 is 0 Å². The second-order valence-corrected chi connectivity index (χ2v) is 8.01. The fourth-order valence-corrected chi connectivity index (χ4v) is 4.70. The highest BCUT2D eigenvalue weighted by Gasteiger charge is 2.46. The van der Waals surface area contributed by atoms with E-state index in [1.54, 1.807) is 24.4 Å². The summed E-state index contributed by atoms with van der Waals surface area (Å²) < 4.78 is 21.0. The number of amides is 1. The SMILES string of the molecule is O=C(CC1CC2CC2C1)N1CCOCC1c1cn(-c2ccccc2F)nn1. The smallest absolute Gasteiger partial charge is 0.223 e. The van der Waals surface area contributed by atoms with E-state index in [9.17, 15) is 9.18 Å². The van der Waals surface area contributed by atoms with Crippen LogP contribution in [0, 0.1) is 23.6 Å². The van der Waals surface area contributed by atoms with Crippen molar-refractivity contribution in [3.8, 4) is 5.69 Å². The first kappa shape index (κ1) is 16.9. The van der Waals surface area contributed by atoms with Gasteiger partial charge in [0.2, 0.25) is 5.91 Å². The number of carbonyl (C=O) groups is 1. The number of hydrogen-bond donors (Lipinski definition) is 0. The van der Waals surface area contributed by atoms with Crippen LogP contribution in [-0.2, 0) is 9.53 Å². The Labute approximate surface area is 157 Å². The Kier molecular flexibility index (Phi) is 4.19. The summed E-state index contributed by atoms with van der Waals surface area (Å²) in [5, 5.41) is 8.28. The van der Waals surface area contributed by atoms with Gasteiger partial charge in [0.15, 0.2) is 0 Å². The van der Waals surface area contributed by atoms with Gasteiger partial charge in [-0.1, -0.05) is 17.3 Å². The highest BCUT2D eigenvalue weighted by Crippen LogP contribution is 2.55. The molecule has 3 atom stereocenters. The monoisotopic (exact) mass is 370 g/mol. The van der Waals surface area contributed by atoms with Crippen molar-refractivity contribution in [3.63, 3.8) is 0 Å². The van der Waals surface area contributed by atoms with Gasteiger partial charge in [-0.15, -0.1) is 5.10 Å². The van der Waals surface area contributed by atoms with E-state index >= 15 is 0 Å². The molecule has 5 rings (SSSR count). The number of carbonyl (C=O) groups excluding carboxylic acids is 1. The van der Waals surface area contributed by atoms with E-state index in [1.807, 2.05) is 4.90 Å². The second kappa shape index (κ2) is 6.71. The molecule has 1 saturated heterocycles. The Bertz CT molecular complexity index is 844. The number of rotatable bonds is 4. The Morgan fingerprint density at radius 2 is 2.04 bits per heavy atom. The molecule has 7 heteroatoms. The quantitative estimate of drug-likeness (QED) is 0.830. The van der Waals surface area contributed by atoms with Crippen LogP contribution in [0.3, 0.4) is 0 Å². The summed E-state index contributed by atoms with van der Waals surface area (Å²) in [4.78, 5) is 14.8. The van der Waals surface area contributed by atoms with Crippen molar-refractivity contribution >= 4 is 5.91 Å². The maximum atomic E-state index is 14.0. The van der Waals surface area contributed by atoms with Crippen molar-refractivity contribution in [2.24, 2.45) is 17.8 Å². The van der Waals surface area contributed by atoms with Gasteiger partial charge in [-0.2, -0.15) is 0 Å². The molecule has 3 aliphatic rings. The van der Waals surface area contributed by atoms with E-state index in [0.29, 0.717) is 43.5 Å². The van der Waals surface area contributed by atoms with Crippen molar-refractivity contribution in [3.05, 3.63) is 42.0 Å². The molecule has 2 aliphatic carbocycles. The molecule has 1 aliphatic heterocycles. The fourth-order valence-electron chi connectivity index (χ4n) is 4.70. The van der Waals surface area contributed by atoms with Crippen LogP contribution in [0.2, 0.25) is 0 Å². The van der Waals surface area contributed by atoms with E-state index in [2.05, 4.69) is 10.3 Å². The summed E-state index contributed by atoms with van der Waals surface area (Å²) in [6.45, 7) is 1.51. The van der Waals surface area contributed by atoms with Gasteiger partial charge in [0, 0.05) is 13.0 Å². The lowest BCUT2D eigenvalue weighted by molar-refractivity contribution is -0.141. The Morgan fingerprint density at radius 3 is 2.85 bits per heavy atom. The summed E-state index contributed by atoms with van der Waals surface area (Å²) in [5.41, 5.74) is 0.983. The van der Waals surface area contributed by atoms with Crippen LogP contribution in [-0.4, -0.2) is 45.6 Å². The summed E-state index contributed by atoms with van der Waals surface area (Å²) >= 11 is 0. The van der Waals surface area contributed by atoms with Gasteiger partial charge in [-0.25, -0.2) is 9.07 Å². The molecule has 1 aromatic carbocycles. The minimum Gasteiger partial charge on any atom is -0.377 e. The first-order valence-corrected chi connectivity index (χ1v) is 9.73. The number of benzene rings is 1. The number of aromatic nitrogens is 3. The summed E-state index contributed by atoms with van der Waals surface area (Å²) in [6.07, 6.45) is 6.08. The fraction of sp³-hybridized carbons (Fsp3) is 0.550. The minimum absolute atomic E-state index is 0.176. The Balaban J connectivity index is 1.33. The van der Waals surface area contributed by atoms with Crippen LogP contribution in [0.15, 0.2) is 30.5 Å². The molecule has 0 N–H and O–H groups in total. The van der Waals surface area contributed by atoms with Crippen LogP contribution in [0.5, 0.6) is 0 Å². The van der Waals surface area contributed by atoms with Gasteiger partial charge in [0.1, 0.15) is 23.2 Å². The first-order valence-electron chi connectivity index (χ1n) is 9.73. The molecule has 3 unspecified atom stereocenters. The molecule has 3 fully saturated rings. The average molecular weight is 370 g/mol. The number of ether oxygens (including phenoxy) is 1. The zero-order valence-electron chi connectivity index (χ0n) is 15.1. The predicted molar refractivity (Wildman–Crippen MR) is 95.5 cm³/mol. The lowest BCUT2D eigenvalue weighted by Crippen LogP contribution is -2.44. The van der Waals surface area contributed by atoms with Crippen LogP contribution < -0.4 is 0 Å². The number of nitrogens with zero attached hydrogens (tertiary/aromatic N) is 4. The van der Waals surface area contributed by atoms with Gasteiger partial charge in [-0.05, 0) is 49.1 Å². The van der Waals surface area contributed by atoms with Crippen molar-refractivity contribution < 1.29 is 13.9 Å². The molecule has 1 amide bonds. The topological polar surface area (TPSA) is 60.2 Å². The van der Waals surface area contributed by atoms with E-state index in [0.717, 1.165) is 11.8 Å². The van der Waals surface area contributed by atoms with Crippen molar-refractivity contribution in [2.45, 2.75) is 31.7 Å². The van der Waals surface area contributed by atoms with Gasteiger partial charge in [0.05, 0.1) is 19.4 Å². The molecule has 0 bridgehead atoms. The first-order chi connectivity index (χ1) is 13.2. The highest BCUT2D eigenvalue weighted by molar-refractivity contribution is 5.77. The zero-order chi connectivity index (χ0) is 18.4. The molecule has 2 aromatic rings. The predicted octanol–water partition coefficient (Wildman–Crippen LogP) is 2.74. The summed E-state index contributed by atoms with van der Waals surface area (Å²) in [7, 11) is 0. The molecule has 142 valence electrons. The van der Waals surface area contributed by atoms with Crippen molar-refractivity contribution in [1.82, 2.24) is 19.9 Å². The zero-order valence-corrected chi connectivity index (χ0v) is 15.1. The molecule has 2 heterocycles. The maximum absolute atomic E-state index is 14.0. The minimum atomic E-state index is -0.360. The lowest BCUT2D eigenvalue weighted by Gasteiger charge is -2.35. The lowest BCUT2D eigenvalue weighted by atomic mass is 9.98. The molecule has 1 aromatic heterocycles. The second-order valence-electron chi connectivity index (χ2n) is 8.01. The van der Waals surface area contributed by atoms with Gasteiger partial charge < -0.3 is 9.64 Å². The van der Waals surface area contributed by atoms with E-state index in [4.69, 9.17) is 4.74 Å². The third kappa shape index (κ3) is 3.25. The van der Waals surface area contributed by atoms with Crippen LogP contribution in [0.25, 0.3) is 5.69 Å². The molecule has 6 nitrogen and oxygen atoms in total. The Hall–Kier alpha value is -2.28. The number of para-hydroxylation sites is 1. The summed E-state index contributed by atoms with van der Waals surface area (Å²) in [5.74, 6) is 2.10. The summed E-state index contributed by atoms with van der Waals surface area (Å²) in [6, 6.07) is 6.18. The van der Waals surface area contributed by atoms with E-state index < -0.39 is 0 Å². The van der Waals surface area contributed by atoms with Crippen molar-refractivity contribution in [2.75, 3.05) is 19.8 Å². The number of hydrogen-bond acceptors (Lipinski definition) is 4. The van der Waals surface area contributed by atoms with Crippen LogP contribution in [0.4, 0.5) is 4.39 Å². The molecular formula is C20H23FN4O2. The molecule has 2 saturated carbocycles. The molecule has 0 spiro atoms. The molecular weight excluding hydrogens is 347 g/mol. The van der Waals surface area contributed by atoms with E-state index in [-0.39, 0.29) is 17.8 Å². The number of fused-ring (bicyclic) bond motifs is 1. The third-order valence-corrected chi connectivity index (χ3v) is 6.21. The van der Waals surface area contributed by atoms with Crippen LogP contribution in [0.1, 0.15) is 37.4 Å².